The van der Waals surface area contributed by atoms with Crippen LogP contribution in [0.5, 0.6) is 11.5 Å². The second kappa shape index (κ2) is 12.9. The van der Waals surface area contributed by atoms with E-state index in [4.69, 9.17) is 14.2 Å². The van der Waals surface area contributed by atoms with Crippen LogP contribution in [0.1, 0.15) is 76.7 Å². The topological polar surface area (TPSA) is 85.3 Å². The molecule has 1 N–H and O–H groups in total. The first kappa shape index (κ1) is 29.6. The summed E-state index contributed by atoms with van der Waals surface area (Å²) in [4.78, 5) is 29.0. The highest BCUT2D eigenvalue weighted by molar-refractivity contribution is 14.1. The molecule has 40 heavy (non-hydrogen) atoms. The Morgan fingerprint density at radius 1 is 1.12 bits per heavy atom. The van der Waals surface area contributed by atoms with Crippen LogP contribution in [0.25, 0.3) is 6.08 Å². The predicted molar refractivity (Wildman–Crippen MR) is 162 cm³/mol. The maximum atomic E-state index is 13.8. The summed E-state index contributed by atoms with van der Waals surface area (Å²) in [5.74, 6) is 0.0848. The highest BCUT2D eigenvalue weighted by atomic mass is 127. The van der Waals surface area contributed by atoms with Crippen molar-refractivity contribution >= 4 is 40.5 Å². The SMILES string of the molecule is CCC/C(=C\c1cc(I)c(O)c(OC)c1)CC[C@H]1OC[C@H]2C1=C(COC)C[C@H]1C(=O)N(C3CCCCC3)C(=O)[C@H]12. The number of rotatable bonds is 10. The zero-order chi connectivity index (χ0) is 28.4. The lowest BCUT2D eigenvalue weighted by molar-refractivity contribution is -0.143. The average molecular weight is 664 g/mol. The molecule has 4 aliphatic rings. The van der Waals surface area contributed by atoms with Crippen LogP contribution in [0.2, 0.25) is 0 Å². The van der Waals surface area contributed by atoms with Crippen LogP contribution < -0.4 is 4.74 Å². The number of benzene rings is 1. The molecule has 0 radical (unpaired) electrons. The van der Waals surface area contributed by atoms with E-state index in [9.17, 15) is 14.7 Å². The number of ether oxygens (including phenoxy) is 3. The third-order valence-electron chi connectivity index (χ3n) is 9.24. The molecule has 1 aromatic carbocycles. The van der Waals surface area contributed by atoms with Crippen LogP contribution in [0, 0.1) is 21.3 Å². The van der Waals surface area contributed by atoms with E-state index < -0.39 is 0 Å². The minimum atomic E-state index is -0.299. The molecule has 0 bridgehead atoms. The number of hydrogen-bond acceptors (Lipinski definition) is 6. The molecular formula is C32H42INO6. The van der Waals surface area contributed by atoms with E-state index in [1.807, 2.05) is 12.1 Å². The molecule has 1 saturated carbocycles. The van der Waals surface area contributed by atoms with Gasteiger partial charge in [-0.1, -0.05) is 44.3 Å². The minimum Gasteiger partial charge on any atom is -0.504 e. The van der Waals surface area contributed by atoms with Crippen LogP contribution in [-0.4, -0.2) is 61.4 Å². The standard InChI is InChI=1S/C32H42INO6/c1-4-8-19(13-20-14-25(33)30(35)27(15-20)39-3)11-12-26-28-21(17-38-2)16-23-29(24(28)18-40-26)32(37)34(31(23)36)22-9-6-5-7-10-22/h13-15,22-24,26,29,35H,4-12,16-18H2,1-3H3/b19-13+/t23-,24+,26-,29-/m1/s1. The minimum absolute atomic E-state index is 0.0325. The number of fused-ring (bicyclic) bond motifs is 3. The Kier molecular flexibility index (Phi) is 9.57. The number of allylic oxidation sites excluding steroid dienone is 1. The summed E-state index contributed by atoms with van der Waals surface area (Å²) in [6.07, 6.45) is 11.6. The number of imide groups is 1. The highest BCUT2D eigenvalue weighted by Crippen LogP contribution is 2.51. The molecular weight excluding hydrogens is 621 g/mol. The zero-order valence-electron chi connectivity index (χ0n) is 23.9. The van der Waals surface area contributed by atoms with Crippen molar-refractivity contribution in [2.24, 2.45) is 17.8 Å². The van der Waals surface area contributed by atoms with Crippen LogP contribution in [0.15, 0.2) is 28.9 Å². The highest BCUT2D eigenvalue weighted by Gasteiger charge is 2.58. The molecule has 4 atom stereocenters. The third kappa shape index (κ3) is 5.73. The van der Waals surface area contributed by atoms with Gasteiger partial charge in [0.1, 0.15) is 0 Å². The molecule has 2 aliphatic heterocycles. The first-order chi connectivity index (χ1) is 19.4. The molecule has 0 aromatic heterocycles. The third-order valence-corrected chi connectivity index (χ3v) is 10.1. The molecule has 3 fully saturated rings. The van der Waals surface area contributed by atoms with Gasteiger partial charge in [-0.3, -0.25) is 14.5 Å². The second-order valence-electron chi connectivity index (χ2n) is 11.7. The van der Waals surface area contributed by atoms with Crippen molar-refractivity contribution in [3.63, 3.8) is 0 Å². The molecule has 2 amide bonds. The molecule has 2 heterocycles. The van der Waals surface area contributed by atoms with Gasteiger partial charge >= 0.3 is 0 Å². The first-order valence-electron chi connectivity index (χ1n) is 14.8. The van der Waals surface area contributed by atoms with Crippen molar-refractivity contribution in [1.29, 1.82) is 0 Å². The van der Waals surface area contributed by atoms with Gasteiger partial charge in [0, 0.05) is 19.1 Å². The normalized spacial score (nSPS) is 27.4. The summed E-state index contributed by atoms with van der Waals surface area (Å²) < 4.78 is 18.1. The van der Waals surface area contributed by atoms with Crippen LogP contribution in [0.4, 0.5) is 0 Å². The van der Waals surface area contributed by atoms with Crippen molar-refractivity contribution in [2.75, 3.05) is 27.4 Å². The molecule has 8 heteroatoms. The molecule has 7 nitrogen and oxygen atoms in total. The van der Waals surface area contributed by atoms with E-state index in [2.05, 4.69) is 35.6 Å². The van der Waals surface area contributed by atoms with Gasteiger partial charge in [0.2, 0.25) is 11.8 Å². The molecule has 0 unspecified atom stereocenters. The van der Waals surface area contributed by atoms with E-state index in [0.717, 1.165) is 66.1 Å². The van der Waals surface area contributed by atoms with Crippen LogP contribution in [-0.2, 0) is 19.1 Å². The van der Waals surface area contributed by atoms with Gasteiger partial charge in [-0.25, -0.2) is 0 Å². The maximum absolute atomic E-state index is 13.8. The molecule has 5 rings (SSSR count). The van der Waals surface area contributed by atoms with Crippen molar-refractivity contribution < 1.29 is 28.9 Å². The fourth-order valence-corrected chi connectivity index (χ4v) is 8.10. The Hall–Kier alpha value is -1.91. The largest absolute Gasteiger partial charge is 0.504 e. The molecule has 1 aromatic rings. The molecule has 218 valence electrons. The van der Waals surface area contributed by atoms with Gasteiger partial charge in [-0.05, 0) is 90.0 Å². The summed E-state index contributed by atoms with van der Waals surface area (Å²) in [7, 11) is 3.27. The van der Waals surface area contributed by atoms with Gasteiger partial charge in [0.05, 0.1) is 41.8 Å². The van der Waals surface area contributed by atoms with Crippen molar-refractivity contribution in [2.45, 2.75) is 83.3 Å². The maximum Gasteiger partial charge on any atom is 0.234 e. The van der Waals surface area contributed by atoms with E-state index in [0.29, 0.717) is 25.4 Å². The summed E-state index contributed by atoms with van der Waals surface area (Å²) in [5.41, 5.74) is 4.69. The van der Waals surface area contributed by atoms with Gasteiger partial charge in [0.25, 0.3) is 0 Å². The Morgan fingerprint density at radius 2 is 1.90 bits per heavy atom. The predicted octanol–water partition coefficient (Wildman–Crippen LogP) is 6.26. The van der Waals surface area contributed by atoms with E-state index >= 15 is 0 Å². The van der Waals surface area contributed by atoms with E-state index in [1.54, 1.807) is 19.1 Å². The van der Waals surface area contributed by atoms with Crippen LogP contribution in [0.3, 0.4) is 0 Å². The van der Waals surface area contributed by atoms with Crippen molar-refractivity contribution in [1.82, 2.24) is 4.90 Å². The van der Waals surface area contributed by atoms with Crippen molar-refractivity contribution in [3.8, 4) is 11.5 Å². The Balaban J connectivity index is 1.36. The van der Waals surface area contributed by atoms with Gasteiger partial charge in [0.15, 0.2) is 11.5 Å². The van der Waals surface area contributed by atoms with Gasteiger partial charge in [-0.15, -0.1) is 0 Å². The number of halogens is 1. The fourth-order valence-electron chi connectivity index (χ4n) is 7.48. The number of phenolic OH excluding ortho intramolecular Hbond substituents is 1. The van der Waals surface area contributed by atoms with Gasteiger partial charge in [-0.2, -0.15) is 0 Å². The number of likely N-dealkylation sites (tertiary alicyclic amines) is 1. The lowest BCUT2D eigenvalue weighted by atomic mass is 9.69. The summed E-state index contributed by atoms with van der Waals surface area (Å²) in [6.45, 7) is 3.15. The average Bonchev–Trinajstić information content (AvgIpc) is 3.48. The lowest BCUT2D eigenvalue weighted by Crippen LogP contribution is -2.42. The van der Waals surface area contributed by atoms with Crippen LogP contribution >= 0.6 is 22.6 Å². The quantitative estimate of drug-likeness (QED) is 0.181. The molecule has 2 aliphatic carbocycles. The van der Waals surface area contributed by atoms with Crippen molar-refractivity contribution in [3.05, 3.63) is 38.0 Å². The number of hydrogen-bond donors (Lipinski definition) is 1. The number of carbonyl (C=O) groups is 2. The summed E-state index contributed by atoms with van der Waals surface area (Å²) in [6, 6.07) is 3.91. The Morgan fingerprint density at radius 3 is 2.60 bits per heavy atom. The number of carbonyl (C=O) groups excluding carboxylic acids is 2. The molecule has 0 spiro atoms. The second-order valence-corrected chi connectivity index (χ2v) is 12.9. The smallest absolute Gasteiger partial charge is 0.234 e. The monoisotopic (exact) mass is 663 g/mol. The Labute approximate surface area is 251 Å². The summed E-state index contributed by atoms with van der Waals surface area (Å²) in [5, 5.41) is 10.2. The van der Waals surface area contributed by atoms with Gasteiger partial charge < -0.3 is 19.3 Å². The first-order valence-corrected chi connectivity index (χ1v) is 15.9. The number of methoxy groups -OCH3 is 2. The number of phenols is 1. The Bertz CT molecular complexity index is 1190. The number of aromatic hydroxyl groups is 1. The zero-order valence-corrected chi connectivity index (χ0v) is 26.1. The fraction of sp³-hybridized carbons (Fsp3) is 0.625. The van der Waals surface area contributed by atoms with E-state index in [-0.39, 0.29) is 47.5 Å². The lowest BCUT2D eigenvalue weighted by Gasteiger charge is -2.31. The summed E-state index contributed by atoms with van der Waals surface area (Å²) >= 11 is 2.13. The number of nitrogens with zero attached hydrogens (tertiary/aromatic N) is 1. The number of amides is 2. The molecule has 2 saturated heterocycles. The van der Waals surface area contributed by atoms with E-state index in [1.165, 1.54) is 17.6 Å².